The lowest BCUT2D eigenvalue weighted by atomic mass is 10.1. The molecule has 1 aromatic carbocycles. The summed E-state index contributed by atoms with van der Waals surface area (Å²) < 4.78 is 13.9. The molecule has 2 bridgehead atoms. The van der Waals surface area contributed by atoms with Gasteiger partial charge in [-0.3, -0.25) is 9.59 Å². The summed E-state index contributed by atoms with van der Waals surface area (Å²) in [6, 6.07) is 12.4. The van der Waals surface area contributed by atoms with Gasteiger partial charge in [0.25, 0.3) is 0 Å². The van der Waals surface area contributed by atoms with Gasteiger partial charge in [-0.15, -0.1) is 0 Å². The number of amides is 2. The molecule has 1 aliphatic heterocycles. The van der Waals surface area contributed by atoms with Gasteiger partial charge in [-0.1, -0.05) is 24.3 Å². The SMILES string of the molecule is CN1CCCNc2cccc(n2)CCCN(C(=O)CCc2ccccc2F)CC1=O. The number of nitrogens with zero attached hydrogens (tertiary/aromatic N) is 3. The van der Waals surface area contributed by atoms with E-state index in [-0.39, 0.29) is 30.6 Å². The third-order valence-corrected chi connectivity index (χ3v) is 5.31. The fourth-order valence-corrected chi connectivity index (χ4v) is 3.50. The van der Waals surface area contributed by atoms with Crippen molar-refractivity contribution >= 4 is 17.6 Å². The fraction of sp³-hybridized carbons (Fsp3) is 0.435. The number of halogens is 1. The summed E-state index contributed by atoms with van der Waals surface area (Å²) in [6.45, 7) is 1.84. The molecular weight excluding hydrogens is 383 g/mol. The molecule has 2 amide bonds. The molecule has 30 heavy (non-hydrogen) atoms. The van der Waals surface area contributed by atoms with Crippen molar-refractivity contribution < 1.29 is 14.0 Å². The van der Waals surface area contributed by atoms with Crippen LogP contribution in [0.25, 0.3) is 0 Å². The molecule has 0 radical (unpaired) electrons. The van der Waals surface area contributed by atoms with Crippen LogP contribution in [0.3, 0.4) is 0 Å². The van der Waals surface area contributed by atoms with Crippen molar-refractivity contribution in [2.75, 3.05) is 38.5 Å². The van der Waals surface area contributed by atoms with Crippen molar-refractivity contribution in [3.63, 3.8) is 0 Å². The lowest BCUT2D eigenvalue weighted by Gasteiger charge is -2.26. The Morgan fingerprint density at radius 3 is 2.80 bits per heavy atom. The number of fused-ring (bicyclic) bond motifs is 2. The average Bonchev–Trinajstić information content (AvgIpc) is 2.74. The lowest BCUT2D eigenvalue weighted by Crippen LogP contribution is -2.42. The first-order valence-corrected chi connectivity index (χ1v) is 10.5. The molecule has 0 saturated carbocycles. The van der Waals surface area contributed by atoms with Crippen molar-refractivity contribution in [3.8, 4) is 0 Å². The van der Waals surface area contributed by atoms with Crippen LogP contribution in [0.4, 0.5) is 10.2 Å². The summed E-state index contributed by atoms with van der Waals surface area (Å²) in [6.07, 6.45) is 2.71. The Hall–Kier alpha value is -2.96. The topological polar surface area (TPSA) is 65.5 Å². The maximum atomic E-state index is 13.9. The molecule has 6 nitrogen and oxygen atoms in total. The average molecular weight is 413 g/mol. The number of aromatic nitrogens is 1. The first-order chi connectivity index (χ1) is 14.5. The summed E-state index contributed by atoms with van der Waals surface area (Å²) in [5.74, 6) is 0.316. The van der Waals surface area contributed by atoms with Crippen LogP contribution in [0.1, 0.15) is 30.5 Å². The van der Waals surface area contributed by atoms with E-state index in [4.69, 9.17) is 0 Å². The normalized spacial score (nSPS) is 16.0. The highest BCUT2D eigenvalue weighted by Gasteiger charge is 2.20. The Labute approximate surface area is 177 Å². The van der Waals surface area contributed by atoms with Crippen LogP contribution in [-0.4, -0.2) is 59.8 Å². The molecule has 0 spiro atoms. The predicted octanol–water partition coefficient (Wildman–Crippen LogP) is 2.89. The first-order valence-electron chi connectivity index (χ1n) is 10.5. The second kappa shape index (κ2) is 10.7. The number of hydrogen-bond acceptors (Lipinski definition) is 4. The molecule has 2 aromatic rings. The van der Waals surface area contributed by atoms with Crippen molar-refractivity contribution in [1.29, 1.82) is 0 Å². The molecule has 1 N–H and O–H groups in total. The molecule has 0 atom stereocenters. The Morgan fingerprint density at radius 1 is 1.13 bits per heavy atom. The van der Waals surface area contributed by atoms with Gasteiger partial charge in [0.05, 0.1) is 6.54 Å². The molecule has 0 aliphatic carbocycles. The lowest BCUT2D eigenvalue weighted by molar-refractivity contribution is -0.139. The van der Waals surface area contributed by atoms with E-state index in [0.717, 1.165) is 30.9 Å². The molecule has 1 aromatic heterocycles. The van der Waals surface area contributed by atoms with Gasteiger partial charge in [0, 0.05) is 38.8 Å². The van der Waals surface area contributed by atoms with E-state index in [2.05, 4.69) is 10.3 Å². The van der Waals surface area contributed by atoms with E-state index >= 15 is 0 Å². The summed E-state index contributed by atoms with van der Waals surface area (Å²) >= 11 is 0. The molecule has 0 saturated heterocycles. The number of rotatable bonds is 3. The van der Waals surface area contributed by atoms with Gasteiger partial charge in [0.2, 0.25) is 11.8 Å². The largest absolute Gasteiger partial charge is 0.370 e. The minimum absolute atomic E-state index is 0.0491. The standard InChI is InChI=1S/C23H29FN4O2/c1-27-15-6-14-25-21-11-4-8-19(26-21)9-5-16-28(17-23(27)30)22(29)13-12-18-7-2-3-10-20(18)24/h2-4,7-8,10-11H,5-6,9,12-17H2,1H3,(H,25,26). The van der Waals surface area contributed by atoms with Crippen LogP contribution in [0.5, 0.6) is 0 Å². The monoisotopic (exact) mass is 412 g/mol. The van der Waals surface area contributed by atoms with Gasteiger partial charge >= 0.3 is 0 Å². The molecular formula is C23H29FN4O2. The number of carbonyl (C=O) groups is 2. The Kier molecular flexibility index (Phi) is 7.76. The maximum Gasteiger partial charge on any atom is 0.241 e. The smallest absolute Gasteiger partial charge is 0.241 e. The second-order valence-electron chi connectivity index (χ2n) is 7.62. The van der Waals surface area contributed by atoms with E-state index in [9.17, 15) is 14.0 Å². The zero-order valence-electron chi connectivity index (χ0n) is 17.4. The number of hydrogen-bond donors (Lipinski definition) is 1. The number of nitrogens with one attached hydrogen (secondary N) is 1. The van der Waals surface area contributed by atoms with E-state index in [1.54, 1.807) is 35.0 Å². The zero-order valence-corrected chi connectivity index (χ0v) is 17.4. The third kappa shape index (κ3) is 6.27. The summed E-state index contributed by atoms with van der Waals surface area (Å²) in [7, 11) is 1.76. The van der Waals surface area contributed by atoms with Crippen LogP contribution >= 0.6 is 0 Å². The number of aryl methyl sites for hydroxylation is 2. The molecule has 1 aliphatic rings. The molecule has 0 fully saturated rings. The van der Waals surface area contributed by atoms with Gasteiger partial charge in [0.1, 0.15) is 11.6 Å². The van der Waals surface area contributed by atoms with E-state index in [1.807, 2.05) is 18.2 Å². The number of pyridine rings is 1. The Bertz CT molecular complexity index is 874. The summed E-state index contributed by atoms with van der Waals surface area (Å²) in [4.78, 5) is 33.4. The van der Waals surface area contributed by atoms with Crippen molar-refractivity contribution in [2.24, 2.45) is 0 Å². The van der Waals surface area contributed by atoms with Crippen LogP contribution < -0.4 is 5.32 Å². The van der Waals surface area contributed by atoms with E-state index in [0.29, 0.717) is 31.5 Å². The van der Waals surface area contributed by atoms with Gasteiger partial charge in [0.15, 0.2) is 0 Å². The van der Waals surface area contributed by atoms with Crippen molar-refractivity contribution in [1.82, 2.24) is 14.8 Å². The van der Waals surface area contributed by atoms with Crippen molar-refractivity contribution in [3.05, 3.63) is 59.5 Å². The minimum atomic E-state index is -0.304. The van der Waals surface area contributed by atoms with E-state index < -0.39 is 0 Å². The second-order valence-corrected chi connectivity index (χ2v) is 7.62. The van der Waals surface area contributed by atoms with Gasteiger partial charge in [-0.05, 0) is 49.4 Å². The minimum Gasteiger partial charge on any atom is -0.370 e. The quantitative estimate of drug-likeness (QED) is 0.842. The molecule has 0 unspecified atom stereocenters. The maximum absolute atomic E-state index is 13.9. The number of benzene rings is 1. The van der Waals surface area contributed by atoms with Crippen molar-refractivity contribution in [2.45, 2.75) is 32.1 Å². The molecule has 7 heteroatoms. The predicted molar refractivity (Wildman–Crippen MR) is 115 cm³/mol. The number of likely N-dealkylation sites (N-methyl/N-ethyl adjacent to an activating group) is 1. The Morgan fingerprint density at radius 2 is 1.97 bits per heavy atom. The number of carbonyl (C=O) groups excluding carboxylic acids is 2. The van der Waals surface area contributed by atoms with Gasteiger partial charge < -0.3 is 15.1 Å². The first kappa shape index (κ1) is 21.7. The molecule has 2 heterocycles. The van der Waals surface area contributed by atoms with Gasteiger partial charge in [-0.2, -0.15) is 0 Å². The van der Waals surface area contributed by atoms with Crippen LogP contribution in [0.2, 0.25) is 0 Å². The molecule has 160 valence electrons. The molecule has 3 rings (SSSR count). The number of anilines is 1. The zero-order chi connectivity index (χ0) is 21.3. The summed E-state index contributed by atoms with van der Waals surface area (Å²) in [5, 5.41) is 3.29. The fourth-order valence-electron chi connectivity index (χ4n) is 3.50. The summed E-state index contributed by atoms with van der Waals surface area (Å²) in [5.41, 5.74) is 1.48. The van der Waals surface area contributed by atoms with E-state index in [1.165, 1.54) is 6.07 Å². The highest BCUT2D eigenvalue weighted by Crippen LogP contribution is 2.12. The highest BCUT2D eigenvalue weighted by atomic mass is 19.1. The Balaban J connectivity index is 1.68. The third-order valence-electron chi connectivity index (χ3n) is 5.31. The van der Waals surface area contributed by atoms with Crippen LogP contribution in [-0.2, 0) is 22.4 Å². The highest BCUT2D eigenvalue weighted by molar-refractivity contribution is 5.84. The van der Waals surface area contributed by atoms with Crippen LogP contribution in [0, 0.1) is 5.82 Å². The van der Waals surface area contributed by atoms with Gasteiger partial charge in [-0.25, -0.2) is 9.37 Å². The van der Waals surface area contributed by atoms with Crippen LogP contribution in [0.15, 0.2) is 42.5 Å².